The van der Waals surface area contributed by atoms with Crippen LogP contribution in [-0.4, -0.2) is 29.6 Å². The van der Waals surface area contributed by atoms with Crippen LogP contribution in [-0.2, 0) is 0 Å². The molecule has 1 atom stereocenters. The van der Waals surface area contributed by atoms with Gasteiger partial charge in [-0.1, -0.05) is 23.7 Å². The fourth-order valence-electron chi connectivity index (χ4n) is 2.92. The van der Waals surface area contributed by atoms with Gasteiger partial charge in [0.2, 0.25) is 0 Å². The van der Waals surface area contributed by atoms with Gasteiger partial charge >= 0.3 is 0 Å². The molecule has 1 unspecified atom stereocenters. The van der Waals surface area contributed by atoms with Crippen molar-refractivity contribution >= 4 is 11.6 Å². The number of hydrogen-bond acceptors (Lipinski definition) is 2. The molecule has 0 spiro atoms. The van der Waals surface area contributed by atoms with Crippen molar-refractivity contribution in [2.75, 3.05) is 13.1 Å². The van der Waals surface area contributed by atoms with Crippen LogP contribution < -0.4 is 5.32 Å². The van der Waals surface area contributed by atoms with Crippen molar-refractivity contribution in [2.45, 2.75) is 58.2 Å². The monoisotopic (exact) mass is 294 g/mol. The molecule has 2 rings (SSSR count). The highest BCUT2D eigenvalue weighted by Gasteiger charge is 2.27. The van der Waals surface area contributed by atoms with Crippen LogP contribution in [0.5, 0.6) is 0 Å². The third-order valence-electron chi connectivity index (χ3n) is 4.30. The molecule has 112 valence electrons. The second kappa shape index (κ2) is 6.46. The Bertz CT molecular complexity index is 414. The number of hydrogen-bond donors (Lipinski definition) is 1. The molecule has 0 aliphatic carbocycles. The topological polar surface area (TPSA) is 15.3 Å². The Morgan fingerprint density at radius 1 is 1.15 bits per heavy atom. The van der Waals surface area contributed by atoms with Crippen LogP contribution in [0.2, 0.25) is 5.02 Å². The molecule has 1 aliphatic heterocycles. The average Bonchev–Trinajstić information content (AvgIpc) is 2.39. The van der Waals surface area contributed by atoms with Gasteiger partial charge in [0.15, 0.2) is 0 Å². The summed E-state index contributed by atoms with van der Waals surface area (Å²) in [7, 11) is 0. The molecule has 1 aromatic carbocycles. The number of nitrogens with one attached hydrogen (secondary N) is 1. The molecule has 1 aliphatic rings. The lowest BCUT2D eigenvalue weighted by molar-refractivity contribution is 0.0942. The van der Waals surface area contributed by atoms with E-state index in [0.717, 1.165) is 5.02 Å². The quantitative estimate of drug-likeness (QED) is 0.896. The van der Waals surface area contributed by atoms with E-state index in [2.05, 4.69) is 50.0 Å². The van der Waals surface area contributed by atoms with Gasteiger partial charge in [-0.05, 0) is 58.2 Å². The molecule has 20 heavy (non-hydrogen) atoms. The van der Waals surface area contributed by atoms with Gasteiger partial charge in [0.1, 0.15) is 0 Å². The Morgan fingerprint density at radius 2 is 1.70 bits per heavy atom. The van der Waals surface area contributed by atoms with Crippen LogP contribution in [0.1, 0.15) is 52.1 Å². The van der Waals surface area contributed by atoms with Crippen LogP contribution in [0.4, 0.5) is 0 Å². The van der Waals surface area contributed by atoms with Crippen molar-refractivity contribution in [3.63, 3.8) is 0 Å². The molecule has 1 saturated heterocycles. The Labute approximate surface area is 128 Å². The minimum Gasteiger partial charge on any atom is -0.307 e. The zero-order valence-corrected chi connectivity index (χ0v) is 13.9. The largest absolute Gasteiger partial charge is 0.307 e. The van der Waals surface area contributed by atoms with E-state index in [1.807, 2.05) is 12.1 Å². The summed E-state index contributed by atoms with van der Waals surface area (Å²) in [6, 6.07) is 9.18. The number of nitrogens with zero attached hydrogens (tertiary/aromatic N) is 1. The Kier molecular flexibility index (Phi) is 5.11. The van der Waals surface area contributed by atoms with Crippen molar-refractivity contribution in [3.05, 3.63) is 34.9 Å². The highest BCUT2D eigenvalue weighted by atomic mass is 35.5. The SMILES string of the molecule is CC(NC1CCN(C(C)(C)C)CC1)c1ccc(Cl)cc1. The Morgan fingerprint density at radius 3 is 2.20 bits per heavy atom. The number of benzene rings is 1. The summed E-state index contributed by atoms with van der Waals surface area (Å²) in [5.41, 5.74) is 1.61. The zero-order valence-electron chi connectivity index (χ0n) is 13.1. The second-order valence-electron chi connectivity index (χ2n) is 6.87. The lowest BCUT2D eigenvalue weighted by atomic mass is 9.97. The fourth-order valence-corrected chi connectivity index (χ4v) is 3.04. The molecule has 1 fully saturated rings. The summed E-state index contributed by atoms with van der Waals surface area (Å²) >= 11 is 5.94. The summed E-state index contributed by atoms with van der Waals surface area (Å²) in [6.45, 7) is 11.5. The smallest absolute Gasteiger partial charge is 0.0406 e. The summed E-state index contributed by atoms with van der Waals surface area (Å²) < 4.78 is 0. The zero-order chi connectivity index (χ0) is 14.8. The first-order chi connectivity index (χ1) is 9.36. The van der Waals surface area contributed by atoms with Gasteiger partial charge in [-0.3, -0.25) is 4.90 Å². The van der Waals surface area contributed by atoms with Crippen molar-refractivity contribution in [1.29, 1.82) is 0 Å². The number of likely N-dealkylation sites (tertiary alicyclic amines) is 1. The average molecular weight is 295 g/mol. The van der Waals surface area contributed by atoms with E-state index in [-0.39, 0.29) is 0 Å². The van der Waals surface area contributed by atoms with Crippen LogP contribution >= 0.6 is 11.6 Å². The van der Waals surface area contributed by atoms with E-state index in [0.29, 0.717) is 17.6 Å². The van der Waals surface area contributed by atoms with Crippen LogP contribution in [0.15, 0.2) is 24.3 Å². The van der Waals surface area contributed by atoms with E-state index in [1.165, 1.54) is 31.5 Å². The van der Waals surface area contributed by atoms with Crippen molar-refractivity contribution in [3.8, 4) is 0 Å². The lowest BCUT2D eigenvalue weighted by Crippen LogP contribution is -2.50. The predicted octanol–water partition coefficient (Wildman–Crippen LogP) is 4.25. The van der Waals surface area contributed by atoms with Crippen LogP contribution in [0.3, 0.4) is 0 Å². The first-order valence-corrected chi connectivity index (χ1v) is 8.00. The van der Waals surface area contributed by atoms with Crippen molar-refractivity contribution < 1.29 is 0 Å². The number of rotatable bonds is 3. The summed E-state index contributed by atoms with van der Waals surface area (Å²) in [6.07, 6.45) is 2.46. The number of halogens is 1. The third kappa shape index (κ3) is 4.21. The van der Waals surface area contributed by atoms with E-state index in [9.17, 15) is 0 Å². The molecule has 0 bridgehead atoms. The molecule has 1 aromatic rings. The predicted molar refractivity (Wildman–Crippen MR) is 87.4 cm³/mol. The summed E-state index contributed by atoms with van der Waals surface area (Å²) in [5.74, 6) is 0. The van der Waals surface area contributed by atoms with E-state index < -0.39 is 0 Å². The molecular formula is C17H27ClN2. The normalized spacial score (nSPS) is 20.1. The first kappa shape index (κ1) is 15.8. The van der Waals surface area contributed by atoms with Gasteiger partial charge in [-0.25, -0.2) is 0 Å². The minimum atomic E-state index is 0.298. The summed E-state index contributed by atoms with van der Waals surface area (Å²) in [5, 5.41) is 4.56. The molecular weight excluding hydrogens is 268 g/mol. The number of piperidine rings is 1. The molecule has 0 radical (unpaired) electrons. The van der Waals surface area contributed by atoms with E-state index in [4.69, 9.17) is 11.6 Å². The Balaban J connectivity index is 1.85. The maximum atomic E-state index is 5.94. The van der Waals surface area contributed by atoms with Gasteiger partial charge in [0, 0.05) is 35.7 Å². The van der Waals surface area contributed by atoms with Crippen LogP contribution in [0, 0.1) is 0 Å². The van der Waals surface area contributed by atoms with Gasteiger partial charge in [0.05, 0.1) is 0 Å². The van der Waals surface area contributed by atoms with Gasteiger partial charge < -0.3 is 5.32 Å². The van der Waals surface area contributed by atoms with Crippen molar-refractivity contribution in [1.82, 2.24) is 10.2 Å². The fraction of sp³-hybridized carbons (Fsp3) is 0.647. The maximum absolute atomic E-state index is 5.94. The minimum absolute atomic E-state index is 0.298. The van der Waals surface area contributed by atoms with Gasteiger partial charge in [0.25, 0.3) is 0 Å². The lowest BCUT2D eigenvalue weighted by Gasteiger charge is -2.41. The van der Waals surface area contributed by atoms with Crippen molar-refractivity contribution in [2.24, 2.45) is 0 Å². The summed E-state index contributed by atoms with van der Waals surface area (Å²) in [4.78, 5) is 2.58. The van der Waals surface area contributed by atoms with Gasteiger partial charge in [-0.2, -0.15) is 0 Å². The van der Waals surface area contributed by atoms with Crippen LogP contribution in [0.25, 0.3) is 0 Å². The third-order valence-corrected chi connectivity index (χ3v) is 4.55. The standard InChI is InChI=1S/C17H27ClN2/c1-13(14-5-7-15(18)8-6-14)19-16-9-11-20(12-10-16)17(2,3)4/h5-8,13,16,19H,9-12H2,1-4H3. The van der Waals surface area contributed by atoms with E-state index >= 15 is 0 Å². The molecule has 1 N–H and O–H groups in total. The van der Waals surface area contributed by atoms with Gasteiger partial charge in [-0.15, -0.1) is 0 Å². The molecule has 0 amide bonds. The molecule has 1 heterocycles. The highest BCUT2D eigenvalue weighted by molar-refractivity contribution is 6.30. The Hall–Kier alpha value is -0.570. The molecule has 0 saturated carbocycles. The van der Waals surface area contributed by atoms with E-state index in [1.54, 1.807) is 0 Å². The highest BCUT2D eigenvalue weighted by Crippen LogP contribution is 2.22. The molecule has 3 heteroatoms. The second-order valence-corrected chi connectivity index (χ2v) is 7.31. The first-order valence-electron chi connectivity index (χ1n) is 7.63. The molecule has 0 aromatic heterocycles. The maximum Gasteiger partial charge on any atom is 0.0406 e. The molecule has 2 nitrogen and oxygen atoms in total.